The van der Waals surface area contributed by atoms with Crippen molar-refractivity contribution in [2.24, 2.45) is 5.92 Å². The average Bonchev–Trinajstić information content (AvgIpc) is 2.80. The number of nitrogens with zero attached hydrogens (tertiary/aromatic N) is 2. The molecule has 1 amide bonds. The fourth-order valence-electron chi connectivity index (χ4n) is 3.34. The molecule has 2 aromatic rings. The summed E-state index contributed by atoms with van der Waals surface area (Å²) < 4.78 is 32.0. The molecule has 32 heavy (non-hydrogen) atoms. The number of nitrogens with one attached hydrogen (secondary N) is 1. The van der Waals surface area contributed by atoms with Crippen molar-refractivity contribution in [3.8, 4) is 0 Å². The summed E-state index contributed by atoms with van der Waals surface area (Å²) >= 11 is 0. The van der Waals surface area contributed by atoms with Crippen LogP contribution in [0.25, 0.3) is 0 Å². The number of ether oxygens (including phenoxy) is 1. The number of carbonyl (C=O) groups excluding carboxylic acids is 3. The lowest BCUT2D eigenvalue weighted by atomic mass is 9.98. The Morgan fingerprint density at radius 1 is 1.12 bits per heavy atom. The molecule has 1 atom stereocenters. The maximum atomic E-state index is 12.7. The molecule has 0 radical (unpaired) electrons. The Morgan fingerprint density at radius 2 is 1.78 bits per heavy atom. The van der Waals surface area contributed by atoms with Crippen molar-refractivity contribution in [1.82, 2.24) is 9.29 Å². The number of aromatic nitrogens is 1. The molecule has 0 saturated carbocycles. The molecule has 1 N–H and O–H groups in total. The number of anilines is 1. The zero-order chi connectivity index (χ0) is 23.3. The van der Waals surface area contributed by atoms with Gasteiger partial charge in [-0.1, -0.05) is 0 Å². The van der Waals surface area contributed by atoms with E-state index in [1.54, 1.807) is 30.3 Å². The Hall–Kier alpha value is -3.11. The first-order chi connectivity index (χ1) is 15.2. The predicted molar refractivity (Wildman–Crippen MR) is 116 cm³/mol. The minimum Gasteiger partial charge on any atom is -0.452 e. The van der Waals surface area contributed by atoms with Gasteiger partial charge in [0, 0.05) is 36.7 Å². The highest BCUT2D eigenvalue weighted by Crippen LogP contribution is 2.24. The first kappa shape index (κ1) is 23.6. The number of pyridine rings is 1. The van der Waals surface area contributed by atoms with Gasteiger partial charge in [-0.25, -0.2) is 8.42 Å². The number of Topliss-reactive ketones (excluding diaryl/α,β-unsaturated/α-hetero) is 1. The lowest BCUT2D eigenvalue weighted by molar-refractivity contribution is -0.158. The zero-order valence-corrected chi connectivity index (χ0v) is 18.7. The molecule has 1 aromatic heterocycles. The second kappa shape index (κ2) is 10.0. The van der Waals surface area contributed by atoms with E-state index < -0.39 is 33.9 Å². The molecule has 1 aliphatic heterocycles. The summed E-state index contributed by atoms with van der Waals surface area (Å²) in [7, 11) is -3.66. The molecule has 1 fully saturated rings. The van der Waals surface area contributed by atoms with Crippen molar-refractivity contribution < 1.29 is 27.5 Å². The maximum Gasteiger partial charge on any atom is 0.309 e. The van der Waals surface area contributed by atoms with Gasteiger partial charge in [0.05, 0.1) is 5.92 Å². The lowest BCUT2D eigenvalue weighted by Crippen LogP contribution is -2.41. The third-order valence-electron chi connectivity index (χ3n) is 5.28. The van der Waals surface area contributed by atoms with Crippen molar-refractivity contribution in [2.45, 2.75) is 37.7 Å². The number of sulfonamides is 1. The first-order valence-corrected chi connectivity index (χ1v) is 11.6. The van der Waals surface area contributed by atoms with Gasteiger partial charge in [-0.3, -0.25) is 19.4 Å². The Balaban J connectivity index is 1.50. The normalized spacial score (nSPS) is 16.2. The van der Waals surface area contributed by atoms with Gasteiger partial charge in [0.15, 0.2) is 11.9 Å². The van der Waals surface area contributed by atoms with Crippen LogP contribution in [-0.2, 0) is 24.3 Å². The van der Waals surface area contributed by atoms with Crippen LogP contribution in [0.15, 0.2) is 53.7 Å². The smallest absolute Gasteiger partial charge is 0.309 e. The number of ketones is 1. The van der Waals surface area contributed by atoms with Gasteiger partial charge in [-0.05, 0) is 63.1 Å². The average molecular weight is 460 g/mol. The van der Waals surface area contributed by atoms with E-state index in [0.717, 1.165) is 0 Å². The molecular formula is C22H25N3O6S. The highest BCUT2D eigenvalue weighted by molar-refractivity contribution is 7.89. The maximum absolute atomic E-state index is 12.7. The lowest BCUT2D eigenvalue weighted by Gasteiger charge is -2.30. The third kappa shape index (κ3) is 5.57. The number of hydrogen-bond acceptors (Lipinski definition) is 7. The van der Waals surface area contributed by atoms with E-state index in [2.05, 4.69) is 10.3 Å². The van der Waals surface area contributed by atoms with E-state index in [1.165, 1.54) is 36.6 Å². The quantitative estimate of drug-likeness (QED) is 0.498. The van der Waals surface area contributed by atoms with Gasteiger partial charge >= 0.3 is 5.97 Å². The molecule has 10 heteroatoms. The molecule has 3 rings (SSSR count). The van der Waals surface area contributed by atoms with Gasteiger partial charge < -0.3 is 10.1 Å². The summed E-state index contributed by atoms with van der Waals surface area (Å²) in [4.78, 5) is 40.1. The van der Waals surface area contributed by atoms with Crippen molar-refractivity contribution in [1.29, 1.82) is 0 Å². The number of benzene rings is 1. The third-order valence-corrected chi connectivity index (χ3v) is 7.16. The SMILES string of the molecule is CC(=O)c1ccc(NC(=O)C(C)OC(=O)C2CCN(S(=O)(=O)c3cccnc3)CC2)cc1. The molecule has 1 aromatic carbocycles. The van der Waals surface area contributed by atoms with Crippen molar-refractivity contribution in [3.63, 3.8) is 0 Å². The predicted octanol–water partition coefficient (Wildman–Crippen LogP) is 2.26. The number of rotatable bonds is 7. The number of piperidine rings is 1. The molecule has 1 unspecified atom stereocenters. The fraction of sp³-hybridized carbons (Fsp3) is 0.364. The summed E-state index contributed by atoms with van der Waals surface area (Å²) in [6.07, 6.45) is 2.38. The van der Waals surface area contributed by atoms with Crippen LogP contribution in [0.1, 0.15) is 37.0 Å². The number of hydrogen-bond donors (Lipinski definition) is 1. The Labute approximate surface area is 186 Å². The molecule has 0 spiro atoms. The summed E-state index contributed by atoms with van der Waals surface area (Å²) in [6.45, 7) is 3.28. The Morgan fingerprint density at radius 3 is 2.34 bits per heavy atom. The minimum atomic E-state index is -3.66. The zero-order valence-electron chi connectivity index (χ0n) is 17.9. The van der Waals surface area contributed by atoms with Gasteiger partial charge in [0.25, 0.3) is 5.91 Å². The van der Waals surface area contributed by atoms with Crippen molar-refractivity contribution >= 4 is 33.4 Å². The van der Waals surface area contributed by atoms with E-state index in [0.29, 0.717) is 24.1 Å². The van der Waals surface area contributed by atoms with E-state index >= 15 is 0 Å². The van der Waals surface area contributed by atoms with E-state index in [9.17, 15) is 22.8 Å². The van der Waals surface area contributed by atoms with Crippen LogP contribution in [0.4, 0.5) is 5.69 Å². The molecule has 170 valence electrons. The van der Waals surface area contributed by atoms with Crippen molar-refractivity contribution in [3.05, 3.63) is 54.4 Å². The Kier molecular flexibility index (Phi) is 7.37. The minimum absolute atomic E-state index is 0.0792. The van der Waals surface area contributed by atoms with Crippen LogP contribution in [0, 0.1) is 5.92 Å². The second-order valence-electron chi connectivity index (χ2n) is 7.57. The first-order valence-electron chi connectivity index (χ1n) is 10.2. The summed E-state index contributed by atoms with van der Waals surface area (Å²) in [5.41, 5.74) is 1.01. The van der Waals surface area contributed by atoms with Gasteiger partial charge in [-0.15, -0.1) is 0 Å². The van der Waals surface area contributed by atoms with Crippen LogP contribution in [0.2, 0.25) is 0 Å². The summed E-state index contributed by atoms with van der Waals surface area (Å²) in [6, 6.07) is 9.44. The van der Waals surface area contributed by atoms with Crippen LogP contribution in [0.3, 0.4) is 0 Å². The highest BCUT2D eigenvalue weighted by atomic mass is 32.2. The molecule has 1 aliphatic rings. The molecule has 0 bridgehead atoms. The molecule has 2 heterocycles. The standard InChI is InChI=1S/C22H25N3O6S/c1-15(26)17-5-7-19(8-6-17)24-21(27)16(2)31-22(28)18-9-12-25(13-10-18)32(29,30)20-4-3-11-23-14-20/h3-8,11,14,16,18H,9-10,12-13H2,1-2H3,(H,24,27). The van der Waals surface area contributed by atoms with Gasteiger partial charge in [0.2, 0.25) is 10.0 Å². The van der Waals surface area contributed by atoms with Gasteiger partial charge in [0.1, 0.15) is 4.90 Å². The number of amides is 1. The largest absolute Gasteiger partial charge is 0.452 e. The van der Waals surface area contributed by atoms with E-state index in [4.69, 9.17) is 4.74 Å². The Bertz CT molecular complexity index is 1080. The topological polar surface area (TPSA) is 123 Å². The van der Waals surface area contributed by atoms with Crippen LogP contribution in [-0.4, -0.2) is 54.6 Å². The summed E-state index contributed by atoms with van der Waals surface area (Å²) in [5, 5.41) is 2.64. The van der Waals surface area contributed by atoms with Crippen LogP contribution < -0.4 is 5.32 Å². The fourth-order valence-corrected chi connectivity index (χ4v) is 4.77. The van der Waals surface area contributed by atoms with Crippen LogP contribution >= 0.6 is 0 Å². The molecular weight excluding hydrogens is 434 g/mol. The van der Waals surface area contributed by atoms with E-state index in [-0.39, 0.29) is 23.8 Å². The molecule has 1 saturated heterocycles. The second-order valence-corrected chi connectivity index (χ2v) is 9.51. The molecule has 0 aliphatic carbocycles. The van der Waals surface area contributed by atoms with E-state index in [1.807, 2.05) is 0 Å². The highest BCUT2D eigenvalue weighted by Gasteiger charge is 2.34. The monoisotopic (exact) mass is 459 g/mol. The van der Waals surface area contributed by atoms with Crippen LogP contribution in [0.5, 0.6) is 0 Å². The van der Waals surface area contributed by atoms with Gasteiger partial charge in [-0.2, -0.15) is 4.31 Å². The summed E-state index contributed by atoms with van der Waals surface area (Å²) in [5.74, 6) is -1.59. The molecule has 9 nitrogen and oxygen atoms in total. The van der Waals surface area contributed by atoms with Crippen molar-refractivity contribution in [2.75, 3.05) is 18.4 Å². The number of carbonyl (C=O) groups is 3. The number of esters is 1.